The zero-order valence-electron chi connectivity index (χ0n) is 10.8. The highest BCUT2D eigenvalue weighted by atomic mass is 35.5. The van der Waals surface area contributed by atoms with E-state index < -0.39 is 0 Å². The summed E-state index contributed by atoms with van der Waals surface area (Å²) in [7, 11) is 0. The van der Waals surface area contributed by atoms with Crippen molar-refractivity contribution < 1.29 is 4.74 Å². The molecular formula is C14H17ClN2OS. The van der Waals surface area contributed by atoms with Crippen LogP contribution in [0, 0.1) is 6.92 Å². The summed E-state index contributed by atoms with van der Waals surface area (Å²) in [6.07, 6.45) is 0. The Hall–Kier alpha value is -0.940. The molecule has 1 fully saturated rings. The maximum absolute atomic E-state index is 5.47. The Morgan fingerprint density at radius 2 is 2.11 bits per heavy atom. The van der Waals surface area contributed by atoms with E-state index in [-0.39, 0.29) is 18.4 Å². The minimum atomic E-state index is 0. The topological polar surface area (TPSA) is 34.1 Å². The van der Waals surface area contributed by atoms with Crippen molar-refractivity contribution in [1.29, 1.82) is 0 Å². The second-order valence-electron chi connectivity index (χ2n) is 4.52. The number of ether oxygens (including phenoxy) is 1. The summed E-state index contributed by atoms with van der Waals surface area (Å²) >= 11 is 1.70. The van der Waals surface area contributed by atoms with Gasteiger partial charge in [-0.25, -0.2) is 4.98 Å². The summed E-state index contributed by atoms with van der Waals surface area (Å²) in [5, 5.41) is 6.67. The number of hydrogen-bond donors (Lipinski definition) is 1. The highest BCUT2D eigenvalue weighted by Gasteiger charge is 2.18. The van der Waals surface area contributed by atoms with Crippen LogP contribution in [0.5, 0.6) is 0 Å². The first-order valence-corrected chi connectivity index (χ1v) is 7.04. The molecule has 0 amide bonds. The fourth-order valence-corrected chi connectivity index (χ4v) is 2.92. The quantitative estimate of drug-likeness (QED) is 0.924. The predicted octanol–water partition coefficient (Wildman–Crippen LogP) is 3.20. The van der Waals surface area contributed by atoms with Gasteiger partial charge in [-0.15, -0.1) is 23.7 Å². The molecule has 102 valence electrons. The van der Waals surface area contributed by atoms with Crippen LogP contribution in [-0.4, -0.2) is 24.7 Å². The molecule has 2 aromatic rings. The Bertz CT molecular complexity index is 520. The van der Waals surface area contributed by atoms with E-state index in [0.717, 1.165) is 30.5 Å². The van der Waals surface area contributed by atoms with Crippen LogP contribution in [0.25, 0.3) is 11.3 Å². The summed E-state index contributed by atoms with van der Waals surface area (Å²) in [5.74, 6) is 0. The number of benzene rings is 1. The number of nitrogens with one attached hydrogen (secondary N) is 1. The Morgan fingerprint density at radius 1 is 1.32 bits per heavy atom. The highest BCUT2D eigenvalue weighted by molar-refractivity contribution is 7.10. The van der Waals surface area contributed by atoms with Gasteiger partial charge in [-0.3, -0.25) is 0 Å². The molecule has 1 aliphatic rings. The van der Waals surface area contributed by atoms with Crippen molar-refractivity contribution in [2.24, 2.45) is 0 Å². The highest BCUT2D eigenvalue weighted by Crippen LogP contribution is 2.26. The molecule has 1 saturated heterocycles. The number of thiazole rings is 1. The lowest BCUT2D eigenvalue weighted by molar-refractivity contribution is 0.0768. The minimum absolute atomic E-state index is 0. The summed E-state index contributed by atoms with van der Waals surface area (Å²) < 4.78 is 5.47. The van der Waals surface area contributed by atoms with E-state index in [4.69, 9.17) is 9.72 Å². The molecule has 19 heavy (non-hydrogen) atoms. The van der Waals surface area contributed by atoms with E-state index >= 15 is 0 Å². The molecule has 0 spiro atoms. The van der Waals surface area contributed by atoms with Gasteiger partial charge in [0.1, 0.15) is 5.01 Å². The molecule has 2 heterocycles. The maximum Gasteiger partial charge on any atom is 0.113 e. The van der Waals surface area contributed by atoms with Crippen molar-refractivity contribution in [3.63, 3.8) is 0 Å². The van der Waals surface area contributed by atoms with Crippen LogP contribution in [0.15, 0.2) is 29.6 Å². The fourth-order valence-electron chi connectivity index (χ4n) is 2.03. The van der Waals surface area contributed by atoms with E-state index in [1.165, 1.54) is 11.1 Å². The Balaban J connectivity index is 0.00000133. The number of rotatable bonds is 2. The monoisotopic (exact) mass is 296 g/mol. The molecule has 5 heteroatoms. The Morgan fingerprint density at radius 3 is 2.79 bits per heavy atom. The Labute approximate surface area is 123 Å². The van der Waals surface area contributed by atoms with E-state index in [2.05, 4.69) is 41.9 Å². The number of halogens is 1. The van der Waals surface area contributed by atoms with Gasteiger partial charge in [0.2, 0.25) is 0 Å². The third kappa shape index (κ3) is 3.34. The average molecular weight is 297 g/mol. The number of morpholine rings is 1. The van der Waals surface area contributed by atoms with Gasteiger partial charge < -0.3 is 10.1 Å². The van der Waals surface area contributed by atoms with Gasteiger partial charge in [-0.1, -0.05) is 29.8 Å². The van der Waals surface area contributed by atoms with Crippen molar-refractivity contribution in [2.45, 2.75) is 13.0 Å². The van der Waals surface area contributed by atoms with Crippen LogP contribution in [0.1, 0.15) is 16.6 Å². The van der Waals surface area contributed by atoms with Crippen molar-refractivity contribution >= 4 is 23.7 Å². The average Bonchev–Trinajstić information content (AvgIpc) is 2.90. The summed E-state index contributed by atoms with van der Waals surface area (Å²) in [5.41, 5.74) is 3.51. The smallest absolute Gasteiger partial charge is 0.113 e. The first-order valence-electron chi connectivity index (χ1n) is 6.16. The summed E-state index contributed by atoms with van der Waals surface area (Å²) in [4.78, 5) is 4.71. The molecule has 3 nitrogen and oxygen atoms in total. The lowest BCUT2D eigenvalue weighted by Gasteiger charge is -2.21. The second-order valence-corrected chi connectivity index (χ2v) is 5.41. The minimum Gasteiger partial charge on any atom is -0.378 e. The van der Waals surface area contributed by atoms with Crippen LogP contribution in [0.2, 0.25) is 0 Å². The van der Waals surface area contributed by atoms with E-state index in [0.29, 0.717) is 0 Å². The predicted molar refractivity (Wildman–Crippen MR) is 81.1 cm³/mol. The van der Waals surface area contributed by atoms with E-state index in [1.54, 1.807) is 11.3 Å². The number of aryl methyl sites for hydroxylation is 1. The number of nitrogens with zero attached hydrogens (tertiary/aromatic N) is 1. The molecule has 1 aromatic carbocycles. The third-order valence-electron chi connectivity index (χ3n) is 3.09. The lowest BCUT2D eigenvalue weighted by atomic mass is 10.1. The molecule has 0 aliphatic carbocycles. The second kappa shape index (κ2) is 6.48. The first-order chi connectivity index (χ1) is 8.83. The molecule has 0 bridgehead atoms. The van der Waals surface area contributed by atoms with Crippen LogP contribution in [-0.2, 0) is 4.74 Å². The molecule has 3 rings (SSSR count). The fraction of sp³-hybridized carbons (Fsp3) is 0.357. The number of aromatic nitrogens is 1. The third-order valence-corrected chi connectivity index (χ3v) is 4.05. The summed E-state index contributed by atoms with van der Waals surface area (Å²) in [6, 6.07) is 8.74. The van der Waals surface area contributed by atoms with E-state index in [1.807, 2.05) is 0 Å². The Kier molecular flexibility index (Phi) is 4.93. The van der Waals surface area contributed by atoms with Crippen LogP contribution < -0.4 is 5.32 Å². The zero-order valence-corrected chi connectivity index (χ0v) is 12.4. The first kappa shape index (κ1) is 14.5. The molecule has 0 radical (unpaired) electrons. The molecule has 0 saturated carbocycles. The molecule has 1 unspecified atom stereocenters. The van der Waals surface area contributed by atoms with Crippen LogP contribution >= 0.6 is 23.7 Å². The van der Waals surface area contributed by atoms with Crippen LogP contribution in [0.4, 0.5) is 0 Å². The molecule has 1 atom stereocenters. The lowest BCUT2D eigenvalue weighted by Crippen LogP contribution is -2.34. The van der Waals surface area contributed by atoms with Gasteiger partial charge >= 0.3 is 0 Å². The zero-order chi connectivity index (χ0) is 12.4. The summed E-state index contributed by atoms with van der Waals surface area (Å²) in [6.45, 7) is 4.52. The normalized spacial score (nSPS) is 18.9. The van der Waals surface area contributed by atoms with Crippen molar-refractivity contribution in [3.8, 4) is 11.3 Å². The van der Waals surface area contributed by atoms with Crippen molar-refractivity contribution in [1.82, 2.24) is 10.3 Å². The maximum atomic E-state index is 5.47. The standard InChI is InChI=1S/C14H16N2OS.ClH/c1-10-2-4-11(5-3-10)13-9-18-14(16-13)12-8-17-7-6-15-12;/h2-5,9,12,15H,6-8H2,1H3;1H. The van der Waals surface area contributed by atoms with Crippen molar-refractivity contribution in [3.05, 3.63) is 40.2 Å². The largest absolute Gasteiger partial charge is 0.378 e. The van der Waals surface area contributed by atoms with Gasteiger partial charge in [-0.2, -0.15) is 0 Å². The van der Waals surface area contributed by atoms with Gasteiger partial charge in [0.25, 0.3) is 0 Å². The van der Waals surface area contributed by atoms with E-state index in [9.17, 15) is 0 Å². The van der Waals surface area contributed by atoms with Gasteiger partial charge in [-0.05, 0) is 6.92 Å². The SMILES string of the molecule is Cc1ccc(-c2csc(C3COCCN3)n2)cc1.Cl. The molecular weight excluding hydrogens is 280 g/mol. The molecule has 1 aliphatic heterocycles. The van der Waals surface area contributed by atoms with Gasteiger partial charge in [0.15, 0.2) is 0 Å². The van der Waals surface area contributed by atoms with Crippen molar-refractivity contribution in [2.75, 3.05) is 19.8 Å². The molecule has 1 N–H and O–H groups in total. The van der Waals surface area contributed by atoms with Gasteiger partial charge in [0, 0.05) is 17.5 Å². The molecule has 1 aromatic heterocycles. The number of hydrogen-bond acceptors (Lipinski definition) is 4. The van der Waals surface area contributed by atoms with Crippen LogP contribution in [0.3, 0.4) is 0 Å². The van der Waals surface area contributed by atoms with Gasteiger partial charge in [0.05, 0.1) is 24.9 Å².